The number of hydrogen-bond donors (Lipinski definition) is 1. The SMILES string of the molecule is CCNC(c1ccc(Cl)c(F)c1)c1ccc(OC)cc1F. The maximum absolute atomic E-state index is 14.2. The molecule has 0 fully saturated rings. The number of ether oxygens (including phenoxy) is 1. The van der Waals surface area contributed by atoms with Gasteiger partial charge < -0.3 is 10.1 Å². The zero-order valence-electron chi connectivity index (χ0n) is 11.8. The van der Waals surface area contributed by atoms with Crippen LogP contribution in [0.2, 0.25) is 5.02 Å². The third kappa shape index (κ3) is 3.52. The van der Waals surface area contributed by atoms with E-state index in [1.54, 1.807) is 18.2 Å². The van der Waals surface area contributed by atoms with E-state index >= 15 is 0 Å². The number of halogens is 3. The first-order chi connectivity index (χ1) is 10.1. The van der Waals surface area contributed by atoms with Crippen molar-refractivity contribution in [3.63, 3.8) is 0 Å². The van der Waals surface area contributed by atoms with Crippen molar-refractivity contribution in [2.75, 3.05) is 13.7 Å². The van der Waals surface area contributed by atoms with Crippen LogP contribution in [-0.4, -0.2) is 13.7 Å². The second-order valence-electron chi connectivity index (χ2n) is 4.55. The van der Waals surface area contributed by atoms with Gasteiger partial charge in [-0.05, 0) is 30.3 Å². The van der Waals surface area contributed by atoms with E-state index in [9.17, 15) is 8.78 Å². The topological polar surface area (TPSA) is 21.3 Å². The molecule has 2 rings (SSSR count). The van der Waals surface area contributed by atoms with E-state index in [-0.39, 0.29) is 5.02 Å². The summed E-state index contributed by atoms with van der Waals surface area (Å²) >= 11 is 5.69. The van der Waals surface area contributed by atoms with Crippen LogP contribution in [0.15, 0.2) is 36.4 Å². The van der Waals surface area contributed by atoms with E-state index in [1.165, 1.54) is 25.3 Å². The largest absolute Gasteiger partial charge is 0.497 e. The fourth-order valence-corrected chi connectivity index (χ4v) is 2.29. The van der Waals surface area contributed by atoms with Crippen LogP contribution in [0.5, 0.6) is 5.75 Å². The predicted octanol–water partition coefficient (Wildman–Crippen LogP) is 4.33. The fraction of sp³-hybridized carbons (Fsp3) is 0.250. The summed E-state index contributed by atoms with van der Waals surface area (Å²) < 4.78 is 32.9. The molecule has 2 nitrogen and oxygen atoms in total. The Hall–Kier alpha value is -1.65. The van der Waals surface area contributed by atoms with Crippen molar-refractivity contribution in [3.05, 3.63) is 64.2 Å². The fourth-order valence-electron chi connectivity index (χ4n) is 2.17. The van der Waals surface area contributed by atoms with Gasteiger partial charge in [0.1, 0.15) is 17.4 Å². The van der Waals surface area contributed by atoms with Crippen molar-refractivity contribution in [3.8, 4) is 5.75 Å². The molecule has 0 aliphatic rings. The van der Waals surface area contributed by atoms with Crippen LogP contribution in [0.1, 0.15) is 24.1 Å². The lowest BCUT2D eigenvalue weighted by Gasteiger charge is -2.20. The van der Waals surface area contributed by atoms with Crippen molar-refractivity contribution in [1.82, 2.24) is 5.32 Å². The molecule has 5 heteroatoms. The van der Waals surface area contributed by atoms with Gasteiger partial charge in [0.2, 0.25) is 0 Å². The monoisotopic (exact) mass is 311 g/mol. The van der Waals surface area contributed by atoms with Gasteiger partial charge in [-0.15, -0.1) is 0 Å². The highest BCUT2D eigenvalue weighted by Crippen LogP contribution is 2.29. The highest BCUT2D eigenvalue weighted by Gasteiger charge is 2.18. The molecule has 2 aromatic rings. The van der Waals surface area contributed by atoms with E-state index in [2.05, 4.69) is 5.32 Å². The first-order valence-corrected chi connectivity index (χ1v) is 6.96. The summed E-state index contributed by atoms with van der Waals surface area (Å²) in [5, 5.41) is 3.20. The average Bonchev–Trinajstić information content (AvgIpc) is 2.48. The summed E-state index contributed by atoms with van der Waals surface area (Å²) in [5.41, 5.74) is 1.04. The summed E-state index contributed by atoms with van der Waals surface area (Å²) in [4.78, 5) is 0. The van der Waals surface area contributed by atoms with Gasteiger partial charge in [-0.25, -0.2) is 8.78 Å². The Morgan fingerprint density at radius 2 is 1.90 bits per heavy atom. The van der Waals surface area contributed by atoms with Gasteiger partial charge >= 0.3 is 0 Å². The number of methoxy groups -OCH3 is 1. The van der Waals surface area contributed by atoms with Crippen molar-refractivity contribution in [1.29, 1.82) is 0 Å². The number of hydrogen-bond acceptors (Lipinski definition) is 2. The van der Waals surface area contributed by atoms with E-state index in [4.69, 9.17) is 16.3 Å². The molecular weight excluding hydrogens is 296 g/mol. The summed E-state index contributed by atoms with van der Waals surface area (Å²) in [7, 11) is 1.48. The van der Waals surface area contributed by atoms with Crippen molar-refractivity contribution in [2.45, 2.75) is 13.0 Å². The molecule has 0 radical (unpaired) electrons. The summed E-state index contributed by atoms with van der Waals surface area (Å²) in [6.07, 6.45) is 0. The second-order valence-corrected chi connectivity index (χ2v) is 4.96. The maximum Gasteiger partial charge on any atom is 0.142 e. The van der Waals surface area contributed by atoms with Crippen LogP contribution in [0, 0.1) is 11.6 Å². The molecule has 0 aromatic heterocycles. The second kappa shape index (κ2) is 6.87. The third-order valence-electron chi connectivity index (χ3n) is 3.20. The molecule has 1 N–H and O–H groups in total. The highest BCUT2D eigenvalue weighted by molar-refractivity contribution is 6.30. The maximum atomic E-state index is 14.2. The van der Waals surface area contributed by atoms with E-state index in [0.29, 0.717) is 23.4 Å². The third-order valence-corrected chi connectivity index (χ3v) is 3.51. The van der Waals surface area contributed by atoms with Crippen LogP contribution in [0.3, 0.4) is 0 Å². The van der Waals surface area contributed by atoms with Crippen molar-refractivity contribution < 1.29 is 13.5 Å². The Morgan fingerprint density at radius 3 is 2.48 bits per heavy atom. The van der Waals surface area contributed by atoms with Gasteiger partial charge in [0.25, 0.3) is 0 Å². The lowest BCUT2D eigenvalue weighted by Crippen LogP contribution is -2.23. The summed E-state index contributed by atoms with van der Waals surface area (Å²) in [5.74, 6) is -0.490. The average molecular weight is 312 g/mol. The van der Waals surface area contributed by atoms with Gasteiger partial charge in [0, 0.05) is 11.6 Å². The molecule has 0 spiro atoms. The standard InChI is InChI=1S/C16H16ClF2NO/c1-3-20-16(10-4-7-13(17)15(19)8-10)12-6-5-11(21-2)9-14(12)18/h4-9,16,20H,3H2,1-2H3. The van der Waals surface area contributed by atoms with Gasteiger partial charge in [-0.1, -0.05) is 30.7 Å². The summed E-state index contributed by atoms with van der Waals surface area (Å²) in [6.45, 7) is 2.51. The van der Waals surface area contributed by atoms with E-state index in [0.717, 1.165) is 0 Å². The molecule has 0 aliphatic heterocycles. The van der Waals surface area contributed by atoms with Crippen molar-refractivity contribution in [2.24, 2.45) is 0 Å². The number of rotatable bonds is 5. The molecule has 0 amide bonds. The minimum atomic E-state index is -0.522. The predicted molar refractivity (Wildman–Crippen MR) is 79.9 cm³/mol. The van der Waals surface area contributed by atoms with Crippen LogP contribution in [0.25, 0.3) is 0 Å². The number of benzene rings is 2. The van der Waals surface area contributed by atoms with Gasteiger partial charge in [0.15, 0.2) is 0 Å². The Labute approximate surface area is 127 Å². The molecular formula is C16H16ClF2NO. The molecule has 0 aliphatic carbocycles. The number of nitrogens with one attached hydrogen (secondary N) is 1. The molecule has 1 unspecified atom stereocenters. The zero-order valence-corrected chi connectivity index (χ0v) is 12.5. The quantitative estimate of drug-likeness (QED) is 0.887. The normalized spacial score (nSPS) is 12.2. The lowest BCUT2D eigenvalue weighted by molar-refractivity contribution is 0.410. The van der Waals surface area contributed by atoms with Crippen LogP contribution in [0.4, 0.5) is 8.78 Å². The molecule has 0 saturated carbocycles. The first-order valence-electron chi connectivity index (χ1n) is 6.58. The van der Waals surface area contributed by atoms with E-state index < -0.39 is 17.7 Å². The van der Waals surface area contributed by atoms with Crippen molar-refractivity contribution >= 4 is 11.6 Å². The molecule has 1 atom stereocenters. The summed E-state index contributed by atoms with van der Waals surface area (Å²) in [6, 6.07) is 8.64. The minimum absolute atomic E-state index is 0.0456. The molecule has 2 aromatic carbocycles. The Bertz CT molecular complexity index is 634. The molecule has 0 heterocycles. The van der Waals surface area contributed by atoms with E-state index in [1.807, 2.05) is 6.92 Å². The molecule has 0 bridgehead atoms. The molecule has 112 valence electrons. The van der Waals surface area contributed by atoms with Crippen LogP contribution >= 0.6 is 11.6 Å². The Balaban J connectivity index is 2.45. The molecule has 0 saturated heterocycles. The smallest absolute Gasteiger partial charge is 0.142 e. The van der Waals surface area contributed by atoms with Crippen LogP contribution in [-0.2, 0) is 0 Å². The Morgan fingerprint density at radius 1 is 1.14 bits per heavy atom. The van der Waals surface area contributed by atoms with Crippen LogP contribution < -0.4 is 10.1 Å². The zero-order chi connectivity index (χ0) is 15.4. The minimum Gasteiger partial charge on any atom is -0.497 e. The highest BCUT2D eigenvalue weighted by atomic mass is 35.5. The van der Waals surface area contributed by atoms with Gasteiger partial charge in [-0.3, -0.25) is 0 Å². The first kappa shape index (κ1) is 15.7. The van der Waals surface area contributed by atoms with Gasteiger partial charge in [-0.2, -0.15) is 0 Å². The Kier molecular flexibility index (Phi) is 5.15. The van der Waals surface area contributed by atoms with Gasteiger partial charge in [0.05, 0.1) is 18.2 Å². The lowest BCUT2D eigenvalue weighted by atomic mass is 9.98. The molecule has 21 heavy (non-hydrogen) atoms.